The number of piperidine rings is 2. The minimum Gasteiger partial charge on any atom is -0.342 e. The van der Waals surface area contributed by atoms with Gasteiger partial charge in [-0.2, -0.15) is 13.2 Å². The minimum absolute atomic E-state index is 0.000772. The van der Waals surface area contributed by atoms with E-state index in [2.05, 4.69) is 12.1 Å². The fourth-order valence-corrected chi connectivity index (χ4v) is 4.07. The van der Waals surface area contributed by atoms with Crippen molar-refractivity contribution in [1.29, 1.82) is 0 Å². The summed E-state index contributed by atoms with van der Waals surface area (Å²) in [6, 6.07) is 10.3. The molecule has 148 valence electrons. The molecule has 7 heteroatoms. The van der Waals surface area contributed by atoms with E-state index in [-0.39, 0.29) is 24.9 Å². The number of rotatable bonds is 3. The summed E-state index contributed by atoms with van der Waals surface area (Å²) in [6.07, 6.45) is -1.30. The fourth-order valence-electron chi connectivity index (χ4n) is 4.07. The smallest absolute Gasteiger partial charge is 0.342 e. The number of carbonyl (C=O) groups is 2. The Bertz CT molecular complexity index is 647. The summed E-state index contributed by atoms with van der Waals surface area (Å²) < 4.78 is 37.5. The molecule has 2 amide bonds. The van der Waals surface area contributed by atoms with Gasteiger partial charge in [-0.1, -0.05) is 30.3 Å². The van der Waals surface area contributed by atoms with Crippen molar-refractivity contribution in [3.63, 3.8) is 0 Å². The van der Waals surface area contributed by atoms with Crippen LogP contribution in [0.3, 0.4) is 0 Å². The molecule has 2 fully saturated rings. The number of halogens is 3. The number of benzene rings is 1. The lowest BCUT2D eigenvalue weighted by Crippen LogP contribution is -2.49. The highest BCUT2D eigenvalue weighted by Crippen LogP contribution is 2.27. The van der Waals surface area contributed by atoms with Crippen LogP contribution in [0.15, 0.2) is 30.3 Å². The van der Waals surface area contributed by atoms with Crippen molar-refractivity contribution in [3.05, 3.63) is 35.9 Å². The first-order valence-electron chi connectivity index (χ1n) is 9.53. The molecule has 3 rings (SSSR count). The van der Waals surface area contributed by atoms with E-state index in [1.807, 2.05) is 23.1 Å². The molecule has 0 aliphatic carbocycles. The van der Waals surface area contributed by atoms with Gasteiger partial charge in [-0.3, -0.25) is 9.59 Å². The van der Waals surface area contributed by atoms with Crippen molar-refractivity contribution >= 4 is 11.8 Å². The van der Waals surface area contributed by atoms with Crippen molar-refractivity contribution in [2.45, 2.75) is 38.3 Å². The average Bonchev–Trinajstić information content (AvgIpc) is 2.68. The molecular weight excluding hydrogens is 357 g/mol. The topological polar surface area (TPSA) is 40.6 Å². The summed E-state index contributed by atoms with van der Waals surface area (Å²) in [4.78, 5) is 26.7. The van der Waals surface area contributed by atoms with Crippen molar-refractivity contribution < 1.29 is 22.8 Å². The Morgan fingerprint density at radius 3 is 2.00 bits per heavy atom. The van der Waals surface area contributed by atoms with Crippen LogP contribution in [0, 0.1) is 11.8 Å². The standard InChI is InChI=1S/C20H25F3N2O2/c21-20(22,23)19(27)25-12-8-17(9-13-25)18(26)24-10-6-16(7-11-24)14-15-4-2-1-3-5-15/h1-5,16-17H,6-14H2. The highest BCUT2D eigenvalue weighted by atomic mass is 19.4. The lowest BCUT2D eigenvalue weighted by Gasteiger charge is -2.37. The van der Waals surface area contributed by atoms with Gasteiger partial charge in [0.1, 0.15) is 0 Å². The van der Waals surface area contributed by atoms with Crippen molar-refractivity contribution in [3.8, 4) is 0 Å². The minimum atomic E-state index is -4.84. The molecule has 1 aromatic rings. The second-order valence-electron chi connectivity index (χ2n) is 7.52. The molecule has 2 aliphatic heterocycles. The van der Waals surface area contributed by atoms with E-state index in [9.17, 15) is 22.8 Å². The summed E-state index contributed by atoms with van der Waals surface area (Å²) in [5.41, 5.74) is 1.31. The molecule has 1 aromatic carbocycles. The number of hydrogen-bond acceptors (Lipinski definition) is 2. The van der Waals surface area contributed by atoms with Gasteiger partial charge in [0.15, 0.2) is 0 Å². The second kappa shape index (κ2) is 8.31. The summed E-state index contributed by atoms with van der Waals surface area (Å²) in [7, 11) is 0. The maximum atomic E-state index is 12.7. The number of nitrogens with zero attached hydrogens (tertiary/aromatic N) is 2. The zero-order valence-corrected chi connectivity index (χ0v) is 15.3. The molecule has 0 atom stereocenters. The number of amides is 2. The Hall–Kier alpha value is -2.05. The third-order valence-electron chi connectivity index (χ3n) is 5.67. The average molecular weight is 382 g/mol. The quantitative estimate of drug-likeness (QED) is 0.805. The van der Waals surface area contributed by atoms with Gasteiger partial charge in [-0.25, -0.2) is 0 Å². The van der Waals surface area contributed by atoms with Crippen LogP contribution in [-0.4, -0.2) is 54.0 Å². The molecule has 4 nitrogen and oxygen atoms in total. The highest BCUT2D eigenvalue weighted by molar-refractivity contribution is 5.83. The van der Waals surface area contributed by atoms with Crippen LogP contribution in [0.1, 0.15) is 31.2 Å². The molecule has 0 spiro atoms. The molecule has 0 saturated carbocycles. The molecule has 0 radical (unpaired) electrons. The lowest BCUT2D eigenvalue weighted by atomic mass is 9.88. The maximum Gasteiger partial charge on any atom is 0.471 e. The van der Waals surface area contributed by atoms with Crippen molar-refractivity contribution in [2.75, 3.05) is 26.2 Å². The maximum absolute atomic E-state index is 12.7. The zero-order valence-electron chi connectivity index (χ0n) is 15.3. The van der Waals surface area contributed by atoms with Gasteiger partial charge in [0, 0.05) is 32.1 Å². The first kappa shape index (κ1) is 19.7. The van der Waals surface area contributed by atoms with Gasteiger partial charge in [-0.05, 0) is 43.6 Å². The molecule has 0 N–H and O–H groups in total. The number of alkyl halides is 3. The Morgan fingerprint density at radius 2 is 1.44 bits per heavy atom. The first-order chi connectivity index (χ1) is 12.8. The van der Waals surface area contributed by atoms with E-state index in [0.29, 0.717) is 31.8 Å². The normalized spacial score (nSPS) is 20.0. The van der Waals surface area contributed by atoms with E-state index < -0.39 is 12.1 Å². The highest BCUT2D eigenvalue weighted by Gasteiger charge is 2.44. The van der Waals surface area contributed by atoms with Gasteiger partial charge in [0.05, 0.1) is 0 Å². The predicted octanol–water partition coefficient (Wildman–Crippen LogP) is 3.27. The molecule has 0 aromatic heterocycles. The molecule has 27 heavy (non-hydrogen) atoms. The van der Waals surface area contributed by atoms with Crippen LogP contribution in [0.25, 0.3) is 0 Å². The Labute approximate surface area is 157 Å². The van der Waals surface area contributed by atoms with E-state index in [1.54, 1.807) is 0 Å². The van der Waals surface area contributed by atoms with Crippen LogP contribution >= 0.6 is 0 Å². The third kappa shape index (κ3) is 5.02. The summed E-state index contributed by atoms with van der Waals surface area (Å²) in [5.74, 6) is -1.47. The Balaban J connectivity index is 1.44. The van der Waals surface area contributed by atoms with Crippen molar-refractivity contribution in [1.82, 2.24) is 9.80 Å². The van der Waals surface area contributed by atoms with E-state index in [4.69, 9.17) is 0 Å². The molecular formula is C20H25F3N2O2. The van der Waals surface area contributed by atoms with Crippen LogP contribution in [-0.2, 0) is 16.0 Å². The molecule has 0 unspecified atom stereocenters. The van der Waals surface area contributed by atoms with Crippen LogP contribution in [0.4, 0.5) is 13.2 Å². The Morgan fingerprint density at radius 1 is 0.889 bits per heavy atom. The summed E-state index contributed by atoms with van der Waals surface area (Å²) >= 11 is 0. The lowest BCUT2D eigenvalue weighted by molar-refractivity contribution is -0.187. The monoisotopic (exact) mass is 382 g/mol. The zero-order chi connectivity index (χ0) is 19.4. The summed E-state index contributed by atoms with van der Waals surface area (Å²) in [5, 5.41) is 0. The SMILES string of the molecule is O=C(C1CCN(C(=O)C(F)(F)F)CC1)N1CCC(Cc2ccccc2)CC1. The van der Waals surface area contributed by atoms with E-state index in [1.165, 1.54) is 5.56 Å². The first-order valence-corrected chi connectivity index (χ1v) is 9.53. The molecule has 2 aliphatic rings. The van der Waals surface area contributed by atoms with Crippen LogP contribution in [0.2, 0.25) is 0 Å². The van der Waals surface area contributed by atoms with Crippen LogP contribution in [0.5, 0.6) is 0 Å². The van der Waals surface area contributed by atoms with E-state index >= 15 is 0 Å². The Kier molecular flexibility index (Phi) is 6.07. The van der Waals surface area contributed by atoms with Crippen LogP contribution < -0.4 is 0 Å². The van der Waals surface area contributed by atoms with Gasteiger partial charge < -0.3 is 9.80 Å². The summed E-state index contributed by atoms with van der Waals surface area (Å²) in [6.45, 7) is 1.41. The number of carbonyl (C=O) groups excluding carboxylic acids is 2. The largest absolute Gasteiger partial charge is 0.471 e. The number of likely N-dealkylation sites (tertiary alicyclic amines) is 2. The predicted molar refractivity (Wildman–Crippen MR) is 94.8 cm³/mol. The molecule has 2 heterocycles. The van der Waals surface area contributed by atoms with Crippen molar-refractivity contribution in [2.24, 2.45) is 11.8 Å². The molecule has 0 bridgehead atoms. The van der Waals surface area contributed by atoms with E-state index in [0.717, 1.165) is 24.2 Å². The third-order valence-corrected chi connectivity index (χ3v) is 5.67. The van der Waals surface area contributed by atoms with Gasteiger partial charge in [0.25, 0.3) is 0 Å². The molecule has 2 saturated heterocycles. The number of hydrogen-bond donors (Lipinski definition) is 0. The van der Waals surface area contributed by atoms with Gasteiger partial charge in [0.2, 0.25) is 5.91 Å². The fraction of sp³-hybridized carbons (Fsp3) is 0.600. The van der Waals surface area contributed by atoms with Gasteiger partial charge >= 0.3 is 12.1 Å². The van der Waals surface area contributed by atoms with Gasteiger partial charge in [-0.15, -0.1) is 0 Å². The second-order valence-corrected chi connectivity index (χ2v) is 7.52.